The van der Waals surface area contributed by atoms with Gasteiger partial charge in [-0.05, 0) is 35.9 Å². The number of pyridine rings is 2. The molecule has 1 atom stereocenters. The Bertz CT molecular complexity index is 1080. The zero-order valence-corrected chi connectivity index (χ0v) is 15.8. The third kappa shape index (κ3) is 3.75. The van der Waals surface area contributed by atoms with Gasteiger partial charge in [0, 0.05) is 46.4 Å². The van der Waals surface area contributed by atoms with Crippen LogP contribution in [0.3, 0.4) is 0 Å². The fourth-order valence-electron chi connectivity index (χ4n) is 3.27. The first-order chi connectivity index (χ1) is 13.1. The van der Waals surface area contributed by atoms with E-state index >= 15 is 0 Å². The van der Waals surface area contributed by atoms with Crippen molar-refractivity contribution in [2.45, 2.75) is 12.3 Å². The Morgan fingerprint density at radius 2 is 1.63 bits per heavy atom. The van der Waals surface area contributed by atoms with Crippen LogP contribution in [0.1, 0.15) is 22.7 Å². The average Bonchev–Trinajstić information content (AvgIpc) is 2.69. The molecule has 0 aliphatic rings. The van der Waals surface area contributed by atoms with Gasteiger partial charge in [-0.25, -0.2) is 0 Å². The second kappa shape index (κ2) is 7.55. The van der Waals surface area contributed by atoms with Crippen LogP contribution in [-0.4, -0.2) is 15.1 Å². The second-order valence-electron chi connectivity index (χ2n) is 6.35. The van der Waals surface area contributed by atoms with Crippen LogP contribution in [0, 0.1) is 0 Å². The van der Waals surface area contributed by atoms with Gasteiger partial charge in [-0.1, -0.05) is 53.5 Å². The molecule has 0 radical (unpaired) electrons. The normalized spacial score (nSPS) is 12.2. The van der Waals surface area contributed by atoms with E-state index in [0.717, 1.165) is 22.2 Å². The molecule has 0 bridgehead atoms. The molecule has 0 saturated heterocycles. The van der Waals surface area contributed by atoms with Crippen molar-refractivity contribution < 1.29 is 5.11 Å². The summed E-state index contributed by atoms with van der Waals surface area (Å²) >= 11 is 12.0. The summed E-state index contributed by atoms with van der Waals surface area (Å²) in [5.74, 6) is 0.101. The zero-order chi connectivity index (χ0) is 18.8. The van der Waals surface area contributed by atoms with Gasteiger partial charge in [0.05, 0.1) is 5.02 Å². The van der Waals surface area contributed by atoms with E-state index in [2.05, 4.69) is 9.97 Å². The van der Waals surface area contributed by atoms with Gasteiger partial charge in [0.1, 0.15) is 11.3 Å². The number of fused-ring (bicyclic) bond motifs is 1. The van der Waals surface area contributed by atoms with Crippen molar-refractivity contribution in [1.29, 1.82) is 0 Å². The number of rotatable bonds is 4. The lowest BCUT2D eigenvalue weighted by Crippen LogP contribution is -2.07. The molecular weight excluding hydrogens is 379 g/mol. The Kier molecular flexibility index (Phi) is 4.97. The fraction of sp³-hybridized carbons (Fsp3) is 0.0909. The number of phenols is 1. The molecule has 134 valence electrons. The van der Waals surface area contributed by atoms with E-state index in [1.54, 1.807) is 12.4 Å². The van der Waals surface area contributed by atoms with Crippen LogP contribution in [0.15, 0.2) is 73.1 Å². The Balaban J connectivity index is 1.83. The third-order valence-corrected chi connectivity index (χ3v) is 5.10. The van der Waals surface area contributed by atoms with Crippen molar-refractivity contribution in [1.82, 2.24) is 9.97 Å². The summed E-state index contributed by atoms with van der Waals surface area (Å²) in [6.07, 6.45) is 3.94. The largest absolute Gasteiger partial charge is 0.505 e. The number of aromatic hydroxyl groups is 1. The van der Waals surface area contributed by atoms with Gasteiger partial charge in [-0.3, -0.25) is 9.97 Å². The lowest BCUT2D eigenvalue weighted by Gasteiger charge is -2.20. The summed E-state index contributed by atoms with van der Waals surface area (Å²) in [7, 11) is 0. The molecule has 0 spiro atoms. The topological polar surface area (TPSA) is 46.0 Å². The number of phenolic OH excluding ortho intramolecular Hbond substituents is 1. The van der Waals surface area contributed by atoms with Crippen LogP contribution in [-0.2, 0) is 6.42 Å². The van der Waals surface area contributed by atoms with Crippen LogP contribution in [0.2, 0.25) is 10.0 Å². The van der Waals surface area contributed by atoms with E-state index in [1.165, 1.54) is 0 Å². The maximum Gasteiger partial charge on any atom is 0.145 e. The van der Waals surface area contributed by atoms with Gasteiger partial charge in [-0.15, -0.1) is 0 Å². The van der Waals surface area contributed by atoms with E-state index in [-0.39, 0.29) is 11.7 Å². The average molecular weight is 395 g/mol. The quantitative estimate of drug-likeness (QED) is 0.460. The Hall–Kier alpha value is -2.62. The van der Waals surface area contributed by atoms with E-state index in [4.69, 9.17) is 23.2 Å². The molecule has 0 saturated carbocycles. The number of benzene rings is 2. The first kappa shape index (κ1) is 17.8. The maximum absolute atomic E-state index is 10.9. The highest BCUT2D eigenvalue weighted by Crippen LogP contribution is 2.37. The molecule has 5 heteroatoms. The van der Waals surface area contributed by atoms with Crippen molar-refractivity contribution in [2.75, 3.05) is 0 Å². The van der Waals surface area contributed by atoms with Crippen molar-refractivity contribution >= 4 is 34.1 Å². The van der Waals surface area contributed by atoms with Crippen molar-refractivity contribution in [3.63, 3.8) is 0 Å². The van der Waals surface area contributed by atoms with E-state index in [9.17, 15) is 5.11 Å². The smallest absolute Gasteiger partial charge is 0.145 e. The van der Waals surface area contributed by atoms with Gasteiger partial charge < -0.3 is 5.11 Å². The molecule has 2 heterocycles. The lowest BCUT2D eigenvalue weighted by molar-refractivity contribution is 0.469. The van der Waals surface area contributed by atoms with Crippen LogP contribution < -0.4 is 0 Å². The number of aromatic nitrogens is 2. The molecule has 1 N–H and O–H groups in total. The summed E-state index contributed by atoms with van der Waals surface area (Å²) < 4.78 is 0. The molecule has 0 aliphatic heterocycles. The Morgan fingerprint density at radius 1 is 0.852 bits per heavy atom. The fourth-order valence-corrected chi connectivity index (χ4v) is 3.50. The number of nitrogens with zero attached hydrogens (tertiary/aromatic N) is 2. The van der Waals surface area contributed by atoms with Crippen LogP contribution in [0.4, 0.5) is 0 Å². The van der Waals surface area contributed by atoms with Crippen molar-refractivity contribution in [3.05, 3.63) is 99.9 Å². The molecule has 0 amide bonds. The maximum atomic E-state index is 10.9. The highest BCUT2D eigenvalue weighted by molar-refractivity contribution is 6.30. The molecular formula is C22H16Cl2N2O. The SMILES string of the molecule is Oc1c(C(Cc2ccc(Cl)cn2)c2ccc(Cl)cc2)ccc2cccnc12. The molecule has 27 heavy (non-hydrogen) atoms. The molecule has 4 rings (SSSR count). The highest BCUT2D eigenvalue weighted by atomic mass is 35.5. The van der Waals surface area contributed by atoms with E-state index in [1.807, 2.05) is 60.7 Å². The summed E-state index contributed by atoms with van der Waals surface area (Å²) in [4.78, 5) is 8.77. The number of hydrogen-bond acceptors (Lipinski definition) is 3. The molecule has 1 unspecified atom stereocenters. The number of halogens is 2. The minimum atomic E-state index is -0.0950. The van der Waals surface area contributed by atoms with Crippen LogP contribution in [0.5, 0.6) is 5.75 Å². The second-order valence-corrected chi connectivity index (χ2v) is 7.23. The minimum absolute atomic E-state index is 0.0950. The highest BCUT2D eigenvalue weighted by Gasteiger charge is 2.21. The molecule has 0 aliphatic carbocycles. The lowest BCUT2D eigenvalue weighted by atomic mass is 9.86. The van der Waals surface area contributed by atoms with Gasteiger partial charge in [0.2, 0.25) is 0 Å². The molecule has 0 fully saturated rings. The predicted octanol–water partition coefficient (Wildman–Crippen LogP) is 6.02. The minimum Gasteiger partial charge on any atom is -0.505 e. The number of hydrogen-bond donors (Lipinski definition) is 1. The van der Waals surface area contributed by atoms with Crippen LogP contribution >= 0.6 is 23.2 Å². The van der Waals surface area contributed by atoms with Crippen molar-refractivity contribution in [2.24, 2.45) is 0 Å². The van der Waals surface area contributed by atoms with Gasteiger partial charge in [0.15, 0.2) is 0 Å². The monoisotopic (exact) mass is 394 g/mol. The third-order valence-electron chi connectivity index (χ3n) is 4.63. The Morgan fingerprint density at radius 3 is 2.37 bits per heavy atom. The zero-order valence-electron chi connectivity index (χ0n) is 14.3. The molecule has 2 aromatic carbocycles. The van der Waals surface area contributed by atoms with E-state index < -0.39 is 0 Å². The van der Waals surface area contributed by atoms with Crippen LogP contribution in [0.25, 0.3) is 10.9 Å². The molecule has 3 nitrogen and oxygen atoms in total. The summed E-state index contributed by atoms with van der Waals surface area (Å²) in [5.41, 5.74) is 3.33. The van der Waals surface area contributed by atoms with E-state index in [0.29, 0.717) is 22.0 Å². The molecule has 2 aromatic heterocycles. The summed E-state index contributed by atoms with van der Waals surface area (Å²) in [5, 5.41) is 13.1. The standard InChI is InChI=1S/C22H16Cl2N2O/c23-16-6-3-14(4-7-16)20(12-18-9-8-17(24)13-26-18)19-10-5-15-2-1-11-25-21(15)22(19)27/h1-11,13,20,27H,12H2. The predicted molar refractivity (Wildman–Crippen MR) is 110 cm³/mol. The van der Waals surface area contributed by atoms with Gasteiger partial charge in [0.25, 0.3) is 0 Å². The van der Waals surface area contributed by atoms with Crippen molar-refractivity contribution in [3.8, 4) is 5.75 Å². The first-order valence-electron chi connectivity index (χ1n) is 8.54. The van der Waals surface area contributed by atoms with Gasteiger partial charge in [-0.2, -0.15) is 0 Å². The summed E-state index contributed by atoms with van der Waals surface area (Å²) in [6, 6.07) is 19.1. The first-order valence-corrected chi connectivity index (χ1v) is 9.30. The van der Waals surface area contributed by atoms with Gasteiger partial charge >= 0.3 is 0 Å². The summed E-state index contributed by atoms with van der Waals surface area (Å²) in [6.45, 7) is 0. The Labute approximate surface area is 167 Å². The molecule has 4 aromatic rings.